The maximum Gasteiger partial charge on any atom is 0.238 e. The van der Waals surface area contributed by atoms with Crippen LogP contribution in [0, 0.1) is 5.41 Å². The van der Waals surface area contributed by atoms with E-state index in [0.29, 0.717) is 24.2 Å². The summed E-state index contributed by atoms with van der Waals surface area (Å²) in [6, 6.07) is 6.74. The summed E-state index contributed by atoms with van der Waals surface area (Å²) in [7, 11) is 0. The lowest BCUT2D eigenvalue weighted by Gasteiger charge is -2.38. The molecule has 1 aromatic rings. The first-order chi connectivity index (χ1) is 9.98. The zero-order valence-corrected chi connectivity index (χ0v) is 11.7. The Labute approximate surface area is 122 Å². The minimum Gasteiger partial charge on any atom is -0.409 e. The van der Waals surface area contributed by atoms with Gasteiger partial charge in [0, 0.05) is 18.3 Å². The van der Waals surface area contributed by atoms with E-state index in [1.807, 2.05) is 0 Å². The van der Waals surface area contributed by atoms with Crippen molar-refractivity contribution in [3.05, 3.63) is 24.3 Å². The molecule has 1 aliphatic carbocycles. The Morgan fingerprint density at radius 1 is 1.19 bits per heavy atom. The fourth-order valence-corrected chi connectivity index (χ4v) is 2.32. The van der Waals surface area contributed by atoms with Gasteiger partial charge in [0.15, 0.2) is 5.84 Å². The molecule has 21 heavy (non-hydrogen) atoms. The third-order valence-electron chi connectivity index (χ3n) is 3.70. The van der Waals surface area contributed by atoms with Gasteiger partial charge in [-0.15, -0.1) is 0 Å². The third-order valence-corrected chi connectivity index (χ3v) is 3.70. The molecule has 7 nitrogen and oxygen atoms in total. The zero-order valence-electron chi connectivity index (χ0n) is 11.7. The molecule has 2 amide bonds. The van der Waals surface area contributed by atoms with Gasteiger partial charge >= 0.3 is 0 Å². The van der Waals surface area contributed by atoms with Gasteiger partial charge in [-0.3, -0.25) is 9.59 Å². The topological polar surface area (TPSA) is 117 Å². The summed E-state index contributed by atoms with van der Waals surface area (Å²) in [6.45, 7) is 1.42. The second kappa shape index (κ2) is 5.82. The van der Waals surface area contributed by atoms with Crippen LogP contribution in [0.5, 0.6) is 0 Å². The molecule has 0 aromatic heterocycles. The molecular formula is C14H18N4O3. The standard InChI is InChI=1S/C14H18N4O3/c1-9(19)16-10-3-5-11(6-4-10)17-13(20)14(7-2-8-14)12(15)18-21/h3-6,21H,2,7-8H2,1H3,(H2,15,18)(H,16,19)(H,17,20). The Balaban J connectivity index is 2.07. The van der Waals surface area contributed by atoms with Crippen LogP contribution in [0.15, 0.2) is 29.4 Å². The number of benzene rings is 1. The van der Waals surface area contributed by atoms with Crippen LogP contribution in [0.1, 0.15) is 26.2 Å². The molecule has 0 heterocycles. The Bertz CT molecular complexity index is 576. The molecule has 7 heteroatoms. The zero-order chi connectivity index (χ0) is 15.5. The summed E-state index contributed by atoms with van der Waals surface area (Å²) in [6.07, 6.45) is 2.00. The van der Waals surface area contributed by atoms with E-state index in [1.54, 1.807) is 24.3 Å². The fraction of sp³-hybridized carbons (Fsp3) is 0.357. The first-order valence-corrected chi connectivity index (χ1v) is 6.65. The lowest BCUT2D eigenvalue weighted by molar-refractivity contribution is -0.125. The number of amides is 2. The van der Waals surface area contributed by atoms with Crippen molar-refractivity contribution >= 4 is 29.0 Å². The average Bonchev–Trinajstić information content (AvgIpc) is 2.39. The molecule has 0 saturated heterocycles. The summed E-state index contributed by atoms with van der Waals surface area (Å²) >= 11 is 0. The summed E-state index contributed by atoms with van der Waals surface area (Å²) in [5, 5.41) is 17.2. The van der Waals surface area contributed by atoms with Crippen LogP contribution in [-0.2, 0) is 9.59 Å². The van der Waals surface area contributed by atoms with Crippen LogP contribution in [0.3, 0.4) is 0 Å². The molecule has 0 bridgehead atoms. The van der Waals surface area contributed by atoms with Gasteiger partial charge in [0.25, 0.3) is 0 Å². The summed E-state index contributed by atoms with van der Waals surface area (Å²) in [5.74, 6) is -0.496. The normalized spacial score (nSPS) is 16.7. The Kier molecular flexibility index (Phi) is 4.11. The molecule has 0 radical (unpaired) electrons. The van der Waals surface area contributed by atoms with E-state index < -0.39 is 5.41 Å². The van der Waals surface area contributed by atoms with Crippen molar-refractivity contribution in [1.82, 2.24) is 0 Å². The number of amidine groups is 1. The molecule has 112 valence electrons. The average molecular weight is 290 g/mol. The second-order valence-corrected chi connectivity index (χ2v) is 5.13. The number of nitrogens with one attached hydrogen (secondary N) is 2. The van der Waals surface area contributed by atoms with Crippen LogP contribution in [-0.4, -0.2) is 22.9 Å². The first-order valence-electron chi connectivity index (χ1n) is 6.65. The van der Waals surface area contributed by atoms with Crippen LogP contribution in [0.25, 0.3) is 0 Å². The molecular weight excluding hydrogens is 272 g/mol. The number of hydrogen-bond acceptors (Lipinski definition) is 4. The quantitative estimate of drug-likeness (QED) is 0.291. The van der Waals surface area contributed by atoms with Crippen molar-refractivity contribution in [2.45, 2.75) is 26.2 Å². The number of carbonyl (C=O) groups is 2. The SMILES string of the molecule is CC(=O)Nc1ccc(NC(=O)C2(/C(N)=N/O)CCC2)cc1. The second-order valence-electron chi connectivity index (χ2n) is 5.13. The van der Waals surface area contributed by atoms with Crippen molar-refractivity contribution in [3.63, 3.8) is 0 Å². The number of carbonyl (C=O) groups excluding carboxylic acids is 2. The highest BCUT2D eigenvalue weighted by atomic mass is 16.4. The van der Waals surface area contributed by atoms with Gasteiger partial charge in [-0.2, -0.15) is 0 Å². The van der Waals surface area contributed by atoms with Crippen molar-refractivity contribution in [2.75, 3.05) is 10.6 Å². The number of nitrogens with two attached hydrogens (primary N) is 1. The lowest BCUT2D eigenvalue weighted by atomic mass is 9.67. The van der Waals surface area contributed by atoms with Crippen LogP contribution in [0.2, 0.25) is 0 Å². The minimum atomic E-state index is -0.912. The van der Waals surface area contributed by atoms with E-state index in [-0.39, 0.29) is 17.6 Å². The van der Waals surface area contributed by atoms with Gasteiger partial charge in [-0.05, 0) is 37.1 Å². The van der Waals surface area contributed by atoms with Crippen molar-refractivity contribution in [1.29, 1.82) is 0 Å². The largest absolute Gasteiger partial charge is 0.409 e. The molecule has 0 atom stereocenters. The predicted octanol–water partition coefficient (Wildman–Crippen LogP) is 1.50. The lowest BCUT2D eigenvalue weighted by Crippen LogP contribution is -2.51. The van der Waals surface area contributed by atoms with E-state index in [9.17, 15) is 9.59 Å². The van der Waals surface area contributed by atoms with Gasteiger partial charge in [-0.25, -0.2) is 0 Å². The van der Waals surface area contributed by atoms with E-state index in [1.165, 1.54) is 6.92 Å². The summed E-state index contributed by atoms with van der Waals surface area (Å²) in [5.41, 5.74) is 5.96. The Hall–Kier alpha value is -2.57. The fourth-order valence-electron chi connectivity index (χ4n) is 2.32. The minimum absolute atomic E-state index is 0.0545. The molecule has 1 fully saturated rings. The third kappa shape index (κ3) is 2.96. The smallest absolute Gasteiger partial charge is 0.238 e. The van der Waals surface area contributed by atoms with Gasteiger partial charge in [0.2, 0.25) is 11.8 Å². The first kappa shape index (κ1) is 14.8. The van der Waals surface area contributed by atoms with Crippen molar-refractivity contribution in [2.24, 2.45) is 16.3 Å². The van der Waals surface area contributed by atoms with Crippen LogP contribution < -0.4 is 16.4 Å². The number of hydrogen-bond donors (Lipinski definition) is 4. The van der Waals surface area contributed by atoms with E-state index in [2.05, 4.69) is 15.8 Å². The summed E-state index contributed by atoms with van der Waals surface area (Å²) < 4.78 is 0. The highest BCUT2D eigenvalue weighted by molar-refractivity contribution is 6.12. The molecule has 1 aliphatic rings. The maximum atomic E-state index is 12.3. The number of anilines is 2. The number of rotatable bonds is 4. The molecule has 5 N–H and O–H groups in total. The molecule has 2 rings (SSSR count). The molecule has 1 aromatic carbocycles. The molecule has 0 unspecified atom stereocenters. The van der Waals surface area contributed by atoms with Gasteiger partial charge in [0.05, 0.1) is 0 Å². The van der Waals surface area contributed by atoms with Crippen LogP contribution in [0.4, 0.5) is 11.4 Å². The highest BCUT2D eigenvalue weighted by Gasteiger charge is 2.48. The van der Waals surface area contributed by atoms with Crippen LogP contribution >= 0.6 is 0 Å². The molecule has 0 spiro atoms. The number of nitrogens with zero attached hydrogens (tertiary/aromatic N) is 1. The monoisotopic (exact) mass is 290 g/mol. The van der Waals surface area contributed by atoms with Crippen molar-refractivity contribution in [3.8, 4) is 0 Å². The van der Waals surface area contributed by atoms with E-state index >= 15 is 0 Å². The Morgan fingerprint density at radius 3 is 2.10 bits per heavy atom. The molecule has 1 saturated carbocycles. The Morgan fingerprint density at radius 2 is 1.71 bits per heavy atom. The number of oxime groups is 1. The van der Waals surface area contributed by atoms with Gasteiger partial charge in [-0.1, -0.05) is 11.6 Å². The molecule has 0 aliphatic heterocycles. The maximum absolute atomic E-state index is 12.3. The highest BCUT2D eigenvalue weighted by Crippen LogP contribution is 2.42. The van der Waals surface area contributed by atoms with Gasteiger partial charge in [0.1, 0.15) is 5.41 Å². The van der Waals surface area contributed by atoms with E-state index in [0.717, 1.165) is 6.42 Å². The van der Waals surface area contributed by atoms with Gasteiger partial charge < -0.3 is 21.6 Å². The summed E-state index contributed by atoms with van der Waals surface area (Å²) in [4.78, 5) is 23.3. The van der Waals surface area contributed by atoms with E-state index in [4.69, 9.17) is 10.9 Å². The predicted molar refractivity (Wildman–Crippen MR) is 79.1 cm³/mol. The van der Waals surface area contributed by atoms with Crippen molar-refractivity contribution < 1.29 is 14.8 Å².